The van der Waals surface area contributed by atoms with Crippen LogP contribution in [0.2, 0.25) is 0 Å². The summed E-state index contributed by atoms with van der Waals surface area (Å²) in [4.78, 5) is 0. The first-order chi connectivity index (χ1) is 13.2. The predicted molar refractivity (Wildman–Crippen MR) is 114 cm³/mol. The van der Waals surface area contributed by atoms with Crippen LogP contribution in [0.25, 0.3) is 22.3 Å². The lowest BCUT2D eigenvalue weighted by atomic mass is 9.96. The van der Waals surface area contributed by atoms with Crippen molar-refractivity contribution in [2.24, 2.45) is 0 Å². The summed E-state index contributed by atoms with van der Waals surface area (Å²) in [6.45, 7) is 7.92. The van der Waals surface area contributed by atoms with Crippen LogP contribution in [0.15, 0.2) is 66.7 Å². The van der Waals surface area contributed by atoms with E-state index in [-0.39, 0.29) is 0 Å². The van der Waals surface area contributed by atoms with Gasteiger partial charge in [0, 0.05) is 0 Å². The fourth-order valence-electron chi connectivity index (χ4n) is 3.08. The molecule has 0 aliphatic rings. The summed E-state index contributed by atoms with van der Waals surface area (Å²) in [5.74, 6) is 1.86. The van der Waals surface area contributed by atoms with Crippen molar-refractivity contribution in [3.63, 3.8) is 0 Å². The molecule has 0 aliphatic carbocycles. The fraction of sp³-hybridized carbons (Fsp3) is 0.280. The van der Waals surface area contributed by atoms with E-state index in [4.69, 9.17) is 9.47 Å². The maximum absolute atomic E-state index is 5.68. The van der Waals surface area contributed by atoms with E-state index >= 15 is 0 Å². The standard InChI is InChI=1S/C25H28O2/c1-4-16-26-23-11-6-20(7-12-23)22-10-15-25(19(3)18-22)21-8-13-24(14-9-21)27-17-5-2/h6-15,18H,4-5,16-17H2,1-3H3. The first-order valence-corrected chi connectivity index (χ1v) is 9.78. The minimum Gasteiger partial charge on any atom is -0.494 e. The molecule has 0 fully saturated rings. The van der Waals surface area contributed by atoms with Gasteiger partial charge in [-0.3, -0.25) is 0 Å². The summed E-state index contributed by atoms with van der Waals surface area (Å²) in [5, 5.41) is 0. The molecule has 3 aromatic carbocycles. The maximum atomic E-state index is 5.68. The van der Waals surface area contributed by atoms with Gasteiger partial charge in [-0.05, 0) is 71.8 Å². The fourth-order valence-corrected chi connectivity index (χ4v) is 3.08. The van der Waals surface area contributed by atoms with E-state index in [2.05, 4.69) is 63.2 Å². The predicted octanol–water partition coefficient (Wildman–Crippen LogP) is 6.91. The molecule has 0 bridgehead atoms. The lowest BCUT2D eigenvalue weighted by Crippen LogP contribution is -1.94. The highest BCUT2D eigenvalue weighted by Gasteiger charge is 2.06. The Bertz CT molecular complexity index is 848. The first-order valence-electron chi connectivity index (χ1n) is 9.78. The second kappa shape index (κ2) is 9.27. The zero-order chi connectivity index (χ0) is 19.1. The van der Waals surface area contributed by atoms with Gasteiger partial charge in [-0.2, -0.15) is 0 Å². The molecule has 0 N–H and O–H groups in total. The summed E-state index contributed by atoms with van der Waals surface area (Å²) in [6.07, 6.45) is 2.04. The summed E-state index contributed by atoms with van der Waals surface area (Å²) >= 11 is 0. The largest absolute Gasteiger partial charge is 0.494 e. The molecule has 0 saturated carbocycles. The van der Waals surface area contributed by atoms with E-state index in [1.165, 1.54) is 27.8 Å². The van der Waals surface area contributed by atoms with Crippen molar-refractivity contribution in [3.05, 3.63) is 72.3 Å². The second-order valence-corrected chi connectivity index (χ2v) is 6.78. The third kappa shape index (κ3) is 4.91. The van der Waals surface area contributed by atoms with Crippen LogP contribution in [0.3, 0.4) is 0 Å². The van der Waals surface area contributed by atoms with Gasteiger partial charge < -0.3 is 9.47 Å². The summed E-state index contributed by atoms with van der Waals surface area (Å²) in [7, 11) is 0. The molecule has 27 heavy (non-hydrogen) atoms. The van der Waals surface area contributed by atoms with E-state index in [1.807, 2.05) is 24.3 Å². The van der Waals surface area contributed by atoms with Crippen molar-refractivity contribution < 1.29 is 9.47 Å². The molecule has 3 aromatic rings. The molecular formula is C25H28O2. The van der Waals surface area contributed by atoms with E-state index < -0.39 is 0 Å². The normalized spacial score (nSPS) is 10.6. The van der Waals surface area contributed by atoms with Gasteiger partial charge >= 0.3 is 0 Å². The molecule has 0 saturated heterocycles. The van der Waals surface area contributed by atoms with Crippen molar-refractivity contribution in [1.82, 2.24) is 0 Å². The smallest absolute Gasteiger partial charge is 0.119 e. The molecule has 0 radical (unpaired) electrons. The molecule has 0 amide bonds. The monoisotopic (exact) mass is 360 g/mol. The SMILES string of the molecule is CCCOc1ccc(-c2ccc(-c3ccc(OCCC)cc3)c(C)c2)cc1. The van der Waals surface area contributed by atoms with Crippen LogP contribution in [0, 0.1) is 6.92 Å². The summed E-state index contributed by atoms with van der Waals surface area (Å²) in [6, 6.07) is 23.3. The maximum Gasteiger partial charge on any atom is 0.119 e. The van der Waals surface area contributed by atoms with Gasteiger partial charge in [0.25, 0.3) is 0 Å². The molecule has 0 unspecified atom stereocenters. The van der Waals surface area contributed by atoms with Crippen molar-refractivity contribution >= 4 is 0 Å². The van der Waals surface area contributed by atoms with E-state index in [9.17, 15) is 0 Å². The highest BCUT2D eigenvalue weighted by molar-refractivity contribution is 5.74. The van der Waals surface area contributed by atoms with Crippen LogP contribution in [0.4, 0.5) is 0 Å². The van der Waals surface area contributed by atoms with Crippen molar-refractivity contribution in [2.75, 3.05) is 13.2 Å². The average Bonchev–Trinajstić information content (AvgIpc) is 2.71. The molecular weight excluding hydrogens is 332 g/mol. The molecule has 2 heteroatoms. The highest BCUT2D eigenvalue weighted by atomic mass is 16.5. The van der Waals surface area contributed by atoms with Gasteiger partial charge in [0.2, 0.25) is 0 Å². The Kier molecular flexibility index (Phi) is 6.54. The first kappa shape index (κ1) is 19.0. The zero-order valence-corrected chi connectivity index (χ0v) is 16.5. The van der Waals surface area contributed by atoms with Crippen LogP contribution in [0.1, 0.15) is 32.3 Å². The minimum atomic E-state index is 0.759. The Hall–Kier alpha value is -2.74. The third-order valence-corrected chi connectivity index (χ3v) is 4.53. The number of hydrogen-bond acceptors (Lipinski definition) is 2. The number of aryl methyl sites for hydroxylation is 1. The van der Waals surface area contributed by atoms with E-state index in [0.29, 0.717) is 0 Å². The minimum absolute atomic E-state index is 0.759. The summed E-state index contributed by atoms with van der Waals surface area (Å²) in [5.41, 5.74) is 6.16. The highest BCUT2D eigenvalue weighted by Crippen LogP contribution is 2.30. The lowest BCUT2D eigenvalue weighted by molar-refractivity contribution is 0.317. The van der Waals surface area contributed by atoms with Gasteiger partial charge in [0.15, 0.2) is 0 Å². The van der Waals surface area contributed by atoms with Gasteiger partial charge in [-0.1, -0.05) is 56.3 Å². The van der Waals surface area contributed by atoms with Gasteiger partial charge in [0.1, 0.15) is 11.5 Å². The third-order valence-electron chi connectivity index (χ3n) is 4.53. The topological polar surface area (TPSA) is 18.5 Å². The van der Waals surface area contributed by atoms with Gasteiger partial charge in [0.05, 0.1) is 13.2 Å². The van der Waals surface area contributed by atoms with Crippen LogP contribution in [-0.4, -0.2) is 13.2 Å². The Balaban J connectivity index is 1.77. The molecule has 3 rings (SSSR count). The van der Waals surface area contributed by atoms with Crippen molar-refractivity contribution in [2.45, 2.75) is 33.6 Å². The number of rotatable bonds is 8. The Labute approximate surface area is 162 Å². The molecule has 2 nitrogen and oxygen atoms in total. The van der Waals surface area contributed by atoms with Crippen LogP contribution in [-0.2, 0) is 0 Å². The molecule has 0 spiro atoms. The molecule has 0 aliphatic heterocycles. The van der Waals surface area contributed by atoms with Crippen molar-refractivity contribution in [1.29, 1.82) is 0 Å². The lowest BCUT2D eigenvalue weighted by Gasteiger charge is -2.11. The second-order valence-electron chi connectivity index (χ2n) is 6.78. The molecule has 0 atom stereocenters. The molecule has 0 heterocycles. The Morgan fingerprint density at radius 1 is 0.593 bits per heavy atom. The Morgan fingerprint density at radius 3 is 1.56 bits per heavy atom. The quantitative estimate of drug-likeness (QED) is 0.435. The van der Waals surface area contributed by atoms with Gasteiger partial charge in [-0.15, -0.1) is 0 Å². The zero-order valence-electron chi connectivity index (χ0n) is 16.5. The number of hydrogen-bond donors (Lipinski definition) is 0. The number of benzene rings is 3. The van der Waals surface area contributed by atoms with E-state index in [1.54, 1.807) is 0 Å². The molecule has 0 aromatic heterocycles. The van der Waals surface area contributed by atoms with Crippen LogP contribution in [0.5, 0.6) is 11.5 Å². The van der Waals surface area contributed by atoms with Crippen LogP contribution < -0.4 is 9.47 Å². The van der Waals surface area contributed by atoms with E-state index in [0.717, 1.165) is 37.6 Å². The van der Waals surface area contributed by atoms with Gasteiger partial charge in [-0.25, -0.2) is 0 Å². The van der Waals surface area contributed by atoms with Crippen LogP contribution >= 0.6 is 0 Å². The van der Waals surface area contributed by atoms with Crippen molar-refractivity contribution in [3.8, 4) is 33.8 Å². The number of ether oxygens (including phenoxy) is 2. The molecule has 140 valence electrons. The Morgan fingerprint density at radius 2 is 1.07 bits per heavy atom. The average molecular weight is 360 g/mol. The summed E-state index contributed by atoms with van der Waals surface area (Å²) < 4.78 is 11.3.